The zero-order valence-corrected chi connectivity index (χ0v) is 15.5. The van der Waals surface area contributed by atoms with Gasteiger partial charge in [0.1, 0.15) is 11.6 Å². The first-order valence-corrected chi connectivity index (χ1v) is 9.45. The number of benzene rings is 1. The second-order valence-electron chi connectivity index (χ2n) is 7.31. The van der Waals surface area contributed by atoms with Gasteiger partial charge >= 0.3 is 5.69 Å². The molecule has 2 aliphatic rings. The van der Waals surface area contributed by atoms with Crippen molar-refractivity contribution in [1.29, 1.82) is 0 Å². The molecule has 0 N–H and O–H groups in total. The molecule has 0 spiro atoms. The Bertz CT molecular complexity index is 888. The molecule has 8 heteroatoms. The van der Waals surface area contributed by atoms with Gasteiger partial charge in [0.2, 0.25) is 5.91 Å². The van der Waals surface area contributed by atoms with Crippen molar-refractivity contribution in [2.24, 2.45) is 13.0 Å². The molecule has 0 aliphatic carbocycles. The van der Waals surface area contributed by atoms with Crippen molar-refractivity contribution in [2.75, 3.05) is 31.1 Å². The number of carbonyl (C=O) groups excluding carboxylic acids is 1. The van der Waals surface area contributed by atoms with Crippen LogP contribution >= 0.6 is 0 Å². The summed E-state index contributed by atoms with van der Waals surface area (Å²) in [6.07, 6.45) is 2.25. The van der Waals surface area contributed by atoms with Gasteiger partial charge in [-0.3, -0.25) is 9.36 Å². The lowest BCUT2D eigenvalue weighted by atomic mass is 9.97. The van der Waals surface area contributed by atoms with Crippen molar-refractivity contribution in [1.82, 2.24) is 19.2 Å². The average Bonchev–Trinajstić information content (AvgIpc) is 2.85. The fraction of sp³-hybridized carbons (Fsp3) is 0.526. The van der Waals surface area contributed by atoms with E-state index in [1.54, 1.807) is 23.7 Å². The highest BCUT2D eigenvalue weighted by Gasteiger charge is 2.31. The van der Waals surface area contributed by atoms with E-state index in [2.05, 4.69) is 10.00 Å². The zero-order chi connectivity index (χ0) is 19.0. The van der Waals surface area contributed by atoms with Gasteiger partial charge in [-0.1, -0.05) is 0 Å². The molecule has 4 rings (SSSR count). The van der Waals surface area contributed by atoms with E-state index in [9.17, 15) is 14.0 Å². The summed E-state index contributed by atoms with van der Waals surface area (Å²) in [7, 11) is 1.64. The highest BCUT2D eigenvalue weighted by atomic mass is 19.1. The number of nitrogens with zero attached hydrogens (tertiary/aromatic N) is 5. The van der Waals surface area contributed by atoms with Gasteiger partial charge in [0.15, 0.2) is 0 Å². The standard InChI is InChI=1S/C19H24FN5O2/c1-22-19(27)25-13-14(3-8-17(25)21-22)18(26)24-10-2-9-23(11-12-24)16-6-4-15(20)5-7-16/h4-7,14H,2-3,8-13H2,1H3. The third kappa shape index (κ3) is 3.48. The van der Waals surface area contributed by atoms with E-state index in [4.69, 9.17) is 0 Å². The van der Waals surface area contributed by atoms with E-state index < -0.39 is 0 Å². The number of aryl methyl sites for hydroxylation is 2. The van der Waals surface area contributed by atoms with Crippen LogP contribution < -0.4 is 10.6 Å². The van der Waals surface area contributed by atoms with Crippen LogP contribution in [-0.4, -0.2) is 51.3 Å². The minimum Gasteiger partial charge on any atom is -0.370 e. The number of hydrogen-bond donors (Lipinski definition) is 0. The average molecular weight is 373 g/mol. The number of aromatic nitrogens is 3. The largest absolute Gasteiger partial charge is 0.370 e. The maximum Gasteiger partial charge on any atom is 0.345 e. The summed E-state index contributed by atoms with van der Waals surface area (Å²) in [5.74, 6) is 0.478. The predicted molar refractivity (Wildman–Crippen MR) is 99.1 cm³/mol. The molecule has 3 heterocycles. The van der Waals surface area contributed by atoms with E-state index in [-0.39, 0.29) is 23.3 Å². The van der Waals surface area contributed by atoms with Crippen molar-refractivity contribution >= 4 is 11.6 Å². The lowest BCUT2D eigenvalue weighted by Gasteiger charge is -2.29. The lowest BCUT2D eigenvalue weighted by molar-refractivity contribution is -0.136. The summed E-state index contributed by atoms with van der Waals surface area (Å²) in [6.45, 7) is 3.33. The first-order valence-electron chi connectivity index (χ1n) is 9.45. The van der Waals surface area contributed by atoms with Crippen LogP contribution in [0.1, 0.15) is 18.7 Å². The third-order valence-corrected chi connectivity index (χ3v) is 5.55. The van der Waals surface area contributed by atoms with Crippen LogP contribution in [0.2, 0.25) is 0 Å². The Morgan fingerprint density at radius 3 is 2.70 bits per heavy atom. The minimum atomic E-state index is -0.243. The van der Waals surface area contributed by atoms with E-state index in [1.807, 2.05) is 4.90 Å². The second kappa shape index (κ2) is 7.17. The Labute approximate surface area is 157 Å². The van der Waals surface area contributed by atoms with E-state index in [0.29, 0.717) is 26.1 Å². The Balaban J connectivity index is 1.42. The van der Waals surface area contributed by atoms with Crippen LogP contribution in [0.15, 0.2) is 29.1 Å². The van der Waals surface area contributed by atoms with Gasteiger partial charge in [-0.2, -0.15) is 5.10 Å². The molecule has 0 radical (unpaired) electrons. The van der Waals surface area contributed by atoms with Gasteiger partial charge in [-0.05, 0) is 37.1 Å². The molecule has 0 saturated carbocycles. The van der Waals surface area contributed by atoms with Crippen molar-refractivity contribution < 1.29 is 9.18 Å². The maximum atomic E-state index is 13.1. The van der Waals surface area contributed by atoms with Crippen LogP contribution in [0.25, 0.3) is 0 Å². The quantitative estimate of drug-likeness (QED) is 0.789. The van der Waals surface area contributed by atoms with Crippen LogP contribution in [0.3, 0.4) is 0 Å². The smallest absolute Gasteiger partial charge is 0.345 e. The molecule has 144 valence electrons. The van der Waals surface area contributed by atoms with Crippen molar-refractivity contribution in [2.45, 2.75) is 25.8 Å². The van der Waals surface area contributed by atoms with Gasteiger partial charge in [0, 0.05) is 51.9 Å². The fourth-order valence-corrected chi connectivity index (χ4v) is 4.05. The van der Waals surface area contributed by atoms with Gasteiger partial charge in [-0.25, -0.2) is 13.9 Å². The van der Waals surface area contributed by atoms with Gasteiger partial charge in [0.05, 0.1) is 5.92 Å². The van der Waals surface area contributed by atoms with E-state index in [1.165, 1.54) is 16.8 Å². The fourth-order valence-electron chi connectivity index (χ4n) is 4.05. The molecule has 2 aromatic rings. The Kier molecular flexibility index (Phi) is 4.72. The van der Waals surface area contributed by atoms with Crippen molar-refractivity contribution in [3.05, 3.63) is 46.4 Å². The summed E-state index contributed by atoms with van der Waals surface area (Å²) >= 11 is 0. The molecule has 1 aromatic carbocycles. The highest BCUT2D eigenvalue weighted by Crippen LogP contribution is 2.22. The molecular weight excluding hydrogens is 349 g/mol. The minimum absolute atomic E-state index is 0.123. The number of rotatable bonds is 2. The Hall–Kier alpha value is -2.64. The van der Waals surface area contributed by atoms with Gasteiger partial charge in [-0.15, -0.1) is 0 Å². The maximum absolute atomic E-state index is 13.1. The molecule has 1 atom stereocenters. The molecule has 1 fully saturated rings. The van der Waals surface area contributed by atoms with Crippen LogP contribution in [0.4, 0.5) is 10.1 Å². The monoisotopic (exact) mass is 373 g/mol. The molecule has 1 aromatic heterocycles. The number of hydrogen-bond acceptors (Lipinski definition) is 4. The molecule has 27 heavy (non-hydrogen) atoms. The summed E-state index contributed by atoms with van der Waals surface area (Å²) in [6, 6.07) is 6.50. The molecule has 2 aliphatic heterocycles. The summed E-state index contributed by atoms with van der Waals surface area (Å²) in [5.41, 5.74) is 0.829. The summed E-state index contributed by atoms with van der Waals surface area (Å²) < 4.78 is 16.1. The number of fused-ring (bicyclic) bond motifs is 1. The number of carbonyl (C=O) groups is 1. The van der Waals surface area contributed by atoms with E-state index in [0.717, 1.165) is 37.4 Å². The highest BCUT2D eigenvalue weighted by molar-refractivity contribution is 5.79. The van der Waals surface area contributed by atoms with Gasteiger partial charge < -0.3 is 9.80 Å². The van der Waals surface area contributed by atoms with Gasteiger partial charge in [0.25, 0.3) is 0 Å². The second-order valence-corrected chi connectivity index (χ2v) is 7.31. The summed E-state index contributed by atoms with van der Waals surface area (Å²) in [5, 5.41) is 4.23. The third-order valence-electron chi connectivity index (χ3n) is 5.55. The summed E-state index contributed by atoms with van der Waals surface area (Å²) in [4.78, 5) is 29.3. The van der Waals surface area contributed by atoms with Crippen LogP contribution in [-0.2, 0) is 24.8 Å². The van der Waals surface area contributed by atoms with Crippen molar-refractivity contribution in [3.63, 3.8) is 0 Å². The molecule has 1 saturated heterocycles. The topological polar surface area (TPSA) is 63.4 Å². The first kappa shape index (κ1) is 17.8. The normalized spacial score (nSPS) is 20.3. The zero-order valence-electron chi connectivity index (χ0n) is 15.5. The molecule has 7 nitrogen and oxygen atoms in total. The molecule has 0 bridgehead atoms. The molecule has 1 amide bonds. The van der Waals surface area contributed by atoms with Crippen LogP contribution in [0, 0.1) is 11.7 Å². The SMILES string of the molecule is Cn1nc2n(c1=O)CC(C(=O)N1CCCN(c3ccc(F)cc3)CC1)CC2. The Morgan fingerprint density at radius 1 is 1.15 bits per heavy atom. The number of halogens is 1. The number of amides is 1. The Morgan fingerprint density at radius 2 is 1.93 bits per heavy atom. The lowest BCUT2D eigenvalue weighted by Crippen LogP contribution is -2.43. The van der Waals surface area contributed by atoms with Crippen molar-refractivity contribution in [3.8, 4) is 0 Å². The predicted octanol–water partition coefficient (Wildman–Crippen LogP) is 1.02. The number of anilines is 1. The van der Waals surface area contributed by atoms with Crippen LogP contribution in [0.5, 0.6) is 0 Å². The van der Waals surface area contributed by atoms with E-state index >= 15 is 0 Å². The molecule has 1 unspecified atom stereocenters. The molecular formula is C19H24FN5O2. The first-order chi connectivity index (χ1) is 13.0.